The van der Waals surface area contributed by atoms with Crippen molar-refractivity contribution in [3.63, 3.8) is 0 Å². The molecule has 1 N–H and O–H groups in total. The van der Waals surface area contributed by atoms with Gasteiger partial charge in [0.1, 0.15) is 0 Å². The zero-order valence-corrected chi connectivity index (χ0v) is 9.65. The lowest BCUT2D eigenvalue weighted by Crippen LogP contribution is -2.38. The van der Waals surface area contributed by atoms with Gasteiger partial charge in [-0.1, -0.05) is 6.42 Å². The summed E-state index contributed by atoms with van der Waals surface area (Å²) in [6, 6.07) is 0. The topological polar surface area (TPSA) is 49.4 Å². The van der Waals surface area contributed by atoms with Crippen LogP contribution in [0.4, 0.5) is 0 Å². The molecule has 0 aliphatic carbocycles. The molecule has 1 rings (SSSR count). The SMILES string of the molecule is CCS(=O)(=O)NCCN1CCCCC1. The lowest BCUT2D eigenvalue weighted by atomic mass is 10.1. The fourth-order valence-electron chi connectivity index (χ4n) is 1.64. The van der Waals surface area contributed by atoms with E-state index >= 15 is 0 Å². The highest BCUT2D eigenvalue weighted by Gasteiger charge is 2.11. The van der Waals surface area contributed by atoms with E-state index in [9.17, 15) is 8.42 Å². The molecule has 0 radical (unpaired) electrons. The van der Waals surface area contributed by atoms with Crippen molar-refractivity contribution in [2.75, 3.05) is 31.9 Å². The molecule has 0 amide bonds. The number of nitrogens with one attached hydrogen (secondary N) is 1. The van der Waals surface area contributed by atoms with Gasteiger partial charge in [-0.15, -0.1) is 0 Å². The summed E-state index contributed by atoms with van der Waals surface area (Å²) >= 11 is 0. The minimum absolute atomic E-state index is 0.174. The fourth-order valence-corrected chi connectivity index (χ4v) is 2.25. The lowest BCUT2D eigenvalue weighted by molar-refractivity contribution is 0.233. The van der Waals surface area contributed by atoms with Crippen LogP contribution in [0.3, 0.4) is 0 Å². The van der Waals surface area contributed by atoms with Crippen LogP contribution in [0.5, 0.6) is 0 Å². The molecule has 0 aromatic rings. The van der Waals surface area contributed by atoms with Crippen molar-refractivity contribution < 1.29 is 8.42 Å². The third-order valence-electron chi connectivity index (χ3n) is 2.58. The van der Waals surface area contributed by atoms with Gasteiger partial charge in [-0.2, -0.15) is 0 Å². The Morgan fingerprint density at radius 2 is 1.86 bits per heavy atom. The van der Waals surface area contributed by atoms with Gasteiger partial charge in [0.15, 0.2) is 0 Å². The maximum atomic E-state index is 11.1. The lowest BCUT2D eigenvalue weighted by Gasteiger charge is -2.26. The largest absolute Gasteiger partial charge is 0.302 e. The summed E-state index contributed by atoms with van der Waals surface area (Å²) in [6.45, 7) is 5.29. The molecule has 1 saturated heterocycles. The first-order valence-electron chi connectivity index (χ1n) is 5.34. The summed E-state index contributed by atoms with van der Waals surface area (Å²) < 4.78 is 24.8. The van der Waals surface area contributed by atoms with Gasteiger partial charge in [0.05, 0.1) is 5.75 Å². The molecule has 1 aliphatic heterocycles. The van der Waals surface area contributed by atoms with Gasteiger partial charge in [-0.3, -0.25) is 0 Å². The molecule has 0 atom stereocenters. The number of nitrogens with zero attached hydrogens (tertiary/aromatic N) is 1. The maximum Gasteiger partial charge on any atom is 0.211 e. The van der Waals surface area contributed by atoms with Gasteiger partial charge in [-0.05, 0) is 32.9 Å². The number of likely N-dealkylation sites (tertiary alicyclic amines) is 1. The molecule has 4 nitrogen and oxygen atoms in total. The zero-order chi connectivity index (χ0) is 10.4. The molecule has 0 aromatic carbocycles. The Bertz CT molecular complexity index is 246. The Hall–Kier alpha value is -0.130. The molecule has 1 fully saturated rings. The van der Waals surface area contributed by atoms with Gasteiger partial charge >= 0.3 is 0 Å². The van der Waals surface area contributed by atoms with Crippen molar-refractivity contribution in [2.24, 2.45) is 0 Å². The predicted molar refractivity (Wildman–Crippen MR) is 57.8 cm³/mol. The Morgan fingerprint density at radius 1 is 1.21 bits per heavy atom. The van der Waals surface area contributed by atoms with Gasteiger partial charge in [0, 0.05) is 13.1 Å². The second-order valence-electron chi connectivity index (χ2n) is 3.70. The average molecular weight is 220 g/mol. The van der Waals surface area contributed by atoms with E-state index in [1.807, 2.05) is 0 Å². The highest BCUT2D eigenvalue weighted by atomic mass is 32.2. The van der Waals surface area contributed by atoms with Gasteiger partial charge in [0.2, 0.25) is 10.0 Å². The van der Waals surface area contributed by atoms with E-state index in [0.29, 0.717) is 6.54 Å². The van der Waals surface area contributed by atoms with E-state index in [-0.39, 0.29) is 5.75 Å². The fraction of sp³-hybridized carbons (Fsp3) is 1.00. The molecule has 0 spiro atoms. The second kappa shape index (κ2) is 5.68. The monoisotopic (exact) mass is 220 g/mol. The third kappa shape index (κ3) is 4.39. The van der Waals surface area contributed by atoms with Crippen molar-refractivity contribution in [1.29, 1.82) is 0 Å². The maximum absolute atomic E-state index is 11.1. The van der Waals surface area contributed by atoms with E-state index in [2.05, 4.69) is 9.62 Å². The van der Waals surface area contributed by atoms with Crippen LogP contribution in [0.1, 0.15) is 26.2 Å². The van der Waals surface area contributed by atoms with Crippen molar-refractivity contribution in [3.8, 4) is 0 Å². The molecular weight excluding hydrogens is 200 g/mol. The van der Waals surface area contributed by atoms with Gasteiger partial charge in [0.25, 0.3) is 0 Å². The molecular formula is C9H20N2O2S. The van der Waals surface area contributed by atoms with Crippen LogP contribution in [-0.4, -0.2) is 45.2 Å². The Morgan fingerprint density at radius 3 is 2.43 bits per heavy atom. The summed E-state index contributed by atoms with van der Waals surface area (Å²) in [7, 11) is -3.00. The Labute approximate surface area is 86.7 Å². The first kappa shape index (κ1) is 11.9. The average Bonchev–Trinajstić information content (AvgIpc) is 2.19. The van der Waals surface area contributed by atoms with Crippen LogP contribution in [0, 0.1) is 0 Å². The Kier molecular flexibility index (Phi) is 4.84. The number of hydrogen-bond acceptors (Lipinski definition) is 3. The highest BCUT2D eigenvalue weighted by Crippen LogP contribution is 2.07. The first-order chi connectivity index (χ1) is 6.64. The van der Waals surface area contributed by atoms with Crippen molar-refractivity contribution in [2.45, 2.75) is 26.2 Å². The number of piperidine rings is 1. The normalized spacial score (nSPS) is 19.8. The minimum atomic E-state index is -3.00. The second-order valence-corrected chi connectivity index (χ2v) is 5.80. The number of rotatable bonds is 5. The molecule has 0 unspecified atom stereocenters. The van der Waals surface area contributed by atoms with E-state index in [0.717, 1.165) is 19.6 Å². The summed E-state index contributed by atoms with van der Waals surface area (Å²) in [5.41, 5.74) is 0. The summed E-state index contributed by atoms with van der Waals surface area (Å²) in [4.78, 5) is 2.32. The van der Waals surface area contributed by atoms with Gasteiger partial charge in [-0.25, -0.2) is 13.1 Å². The zero-order valence-electron chi connectivity index (χ0n) is 8.83. The standard InChI is InChI=1S/C9H20N2O2S/c1-2-14(12,13)10-6-9-11-7-4-3-5-8-11/h10H,2-9H2,1H3. The van der Waals surface area contributed by atoms with Gasteiger partial charge < -0.3 is 4.90 Å². The van der Waals surface area contributed by atoms with Crippen LogP contribution >= 0.6 is 0 Å². The van der Waals surface area contributed by atoms with Crippen LogP contribution in [0.15, 0.2) is 0 Å². The molecule has 1 heterocycles. The summed E-state index contributed by atoms with van der Waals surface area (Å²) in [5, 5.41) is 0. The molecule has 1 aliphatic rings. The number of hydrogen-bond donors (Lipinski definition) is 1. The molecule has 0 saturated carbocycles. The quantitative estimate of drug-likeness (QED) is 0.730. The van der Waals surface area contributed by atoms with E-state index < -0.39 is 10.0 Å². The Balaban J connectivity index is 2.14. The van der Waals surface area contributed by atoms with Crippen LogP contribution in [-0.2, 0) is 10.0 Å². The third-order valence-corrected chi connectivity index (χ3v) is 3.98. The first-order valence-corrected chi connectivity index (χ1v) is 6.99. The highest BCUT2D eigenvalue weighted by molar-refractivity contribution is 7.89. The molecule has 5 heteroatoms. The van der Waals surface area contributed by atoms with Crippen molar-refractivity contribution in [1.82, 2.24) is 9.62 Å². The molecule has 0 aromatic heterocycles. The molecule has 84 valence electrons. The minimum Gasteiger partial charge on any atom is -0.302 e. The van der Waals surface area contributed by atoms with E-state index in [1.165, 1.54) is 19.3 Å². The predicted octanol–water partition coefficient (Wildman–Crippen LogP) is 0.412. The van der Waals surface area contributed by atoms with Crippen LogP contribution in [0.2, 0.25) is 0 Å². The van der Waals surface area contributed by atoms with Crippen molar-refractivity contribution >= 4 is 10.0 Å². The van der Waals surface area contributed by atoms with E-state index in [1.54, 1.807) is 6.92 Å². The van der Waals surface area contributed by atoms with Crippen LogP contribution in [0.25, 0.3) is 0 Å². The molecule has 0 bridgehead atoms. The van der Waals surface area contributed by atoms with E-state index in [4.69, 9.17) is 0 Å². The van der Waals surface area contributed by atoms with Crippen LogP contribution < -0.4 is 4.72 Å². The van der Waals surface area contributed by atoms with Crippen molar-refractivity contribution in [3.05, 3.63) is 0 Å². The molecule has 14 heavy (non-hydrogen) atoms. The number of sulfonamides is 1. The summed E-state index contributed by atoms with van der Waals surface area (Å²) in [5.74, 6) is 0.174. The summed E-state index contributed by atoms with van der Waals surface area (Å²) in [6.07, 6.45) is 3.82. The smallest absolute Gasteiger partial charge is 0.211 e.